The van der Waals surface area contributed by atoms with Crippen LogP contribution in [-0.2, 0) is 4.79 Å². The van der Waals surface area contributed by atoms with Gasteiger partial charge in [-0.1, -0.05) is 6.92 Å². The van der Waals surface area contributed by atoms with E-state index in [1.165, 1.54) is 28.0 Å². The van der Waals surface area contributed by atoms with Gasteiger partial charge in [-0.3, -0.25) is 9.59 Å². The van der Waals surface area contributed by atoms with Crippen LogP contribution in [0.5, 0.6) is 11.5 Å². The van der Waals surface area contributed by atoms with Gasteiger partial charge in [0, 0.05) is 37.3 Å². The van der Waals surface area contributed by atoms with E-state index in [4.69, 9.17) is 9.47 Å². The van der Waals surface area contributed by atoms with Crippen molar-refractivity contribution >= 4 is 29.2 Å². The van der Waals surface area contributed by atoms with E-state index in [1.807, 2.05) is 6.92 Å². The Kier molecular flexibility index (Phi) is 10.4. The van der Waals surface area contributed by atoms with Crippen molar-refractivity contribution in [2.45, 2.75) is 45.0 Å². The summed E-state index contributed by atoms with van der Waals surface area (Å²) >= 11 is 0. The summed E-state index contributed by atoms with van der Waals surface area (Å²) in [6.45, 7) is 3.58. The summed E-state index contributed by atoms with van der Waals surface area (Å²) < 4.78 is 48.9. The quantitative estimate of drug-likeness (QED) is 0.406. The molecule has 0 spiro atoms. The summed E-state index contributed by atoms with van der Waals surface area (Å²) in [6, 6.07) is 10.1. The van der Waals surface area contributed by atoms with Gasteiger partial charge in [-0.2, -0.15) is 13.2 Å². The van der Waals surface area contributed by atoms with Crippen molar-refractivity contribution in [1.82, 2.24) is 9.80 Å². The summed E-state index contributed by atoms with van der Waals surface area (Å²) in [6.07, 6.45) is -7.08. The number of carbonyl (C=O) groups is 3. The number of amides is 4. The molecular weight excluding hydrogens is 545 g/mol. The van der Waals surface area contributed by atoms with Gasteiger partial charge in [0.2, 0.25) is 5.91 Å². The number of rotatable bonds is 9. The minimum atomic E-state index is -4.47. The highest BCUT2D eigenvalue weighted by Crippen LogP contribution is 2.31. The van der Waals surface area contributed by atoms with Gasteiger partial charge in [-0.25, -0.2) is 4.79 Å². The number of alkyl halides is 3. The van der Waals surface area contributed by atoms with Crippen LogP contribution in [0.15, 0.2) is 42.5 Å². The third-order valence-corrected chi connectivity index (χ3v) is 6.73. The number of aliphatic hydroxyl groups excluding tert-OH is 1. The number of hydrogen-bond donors (Lipinski definition) is 3. The van der Waals surface area contributed by atoms with Crippen LogP contribution in [-0.4, -0.2) is 84.9 Å². The molecule has 224 valence electrons. The second kappa shape index (κ2) is 13.6. The third-order valence-electron chi connectivity index (χ3n) is 6.73. The van der Waals surface area contributed by atoms with Gasteiger partial charge in [-0.05, 0) is 49.4 Å². The molecular formula is C28H35F3N4O6. The monoisotopic (exact) mass is 580 g/mol. The summed E-state index contributed by atoms with van der Waals surface area (Å²) in [7, 11) is 3.15. The minimum Gasteiger partial charge on any atom is -0.497 e. The average Bonchev–Trinajstić information content (AvgIpc) is 2.93. The second-order valence-corrected chi connectivity index (χ2v) is 10.0. The highest BCUT2D eigenvalue weighted by atomic mass is 19.4. The van der Waals surface area contributed by atoms with Crippen LogP contribution >= 0.6 is 0 Å². The number of urea groups is 1. The molecule has 1 aliphatic heterocycles. The van der Waals surface area contributed by atoms with Gasteiger partial charge in [0.1, 0.15) is 17.6 Å². The molecule has 10 nitrogen and oxygen atoms in total. The zero-order valence-electron chi connectivity index (χ0n) is 23.3. The maximum Gasteiger partial charge on any atom is 0.389 e. The van der Waals surface area contributed by atoms with Crippen molar-refractivity contribution in [3.63, 3.8) is 0 Å². The Balaban J connectivity index is 1.81. The van der Waals surface area contributed by atoms with Crippen LogP contribution in [0.4, 0.5) is 29.3 Å². The van der Waals surface area contributed by atoms with Crippen molar-refractivity contribution in [3.8, 4) is 11.5 Å². The first-order valence-electron chi connectivity index (χ1n) is 13.1. The zero-order valence-corrected chi connectivity index (χ0v) is 23.3. The smallest absolute Gasteiger partial charge is 0.389 e. The number of likely N-dealkylation sites (N-methyl/N-ethyl adjacent to an activating group) is 1. The molecule has 0 aromatic heterocycles. The van der Waals surface area contributed by atoms with Crippen LogP contribution < -0.4 is 20.1 Å². The first-order chi connectivity index (χ1) is 19.3. The van der Waals surface area contributed by atoms with Crippen molar-refractivity contribution in [2.24, 2.45) is 5.92 Å². The fourth-order valence-electron chi connectivity index (χ4n) is 4.24. The Labute approximate surface area is 236 Å². The number of fused-ring (bicyclic) bond motifs is 1. The molecule has 0 saturated carbocycles. The average molecular weight is 581 g/mol. The first kappa shape index (κ1) is 31.5. The lowest BCUT2D eigenvalue weighted by molar-refractivity contribution is -0.142. The number of carbonyl (C=O) groups excluding carboxylic acids is 3. The predicted molar refractivity (Wildman–Crippen MR) is 146 cm³/mol. The highest BCUT2D eigenvalue weighted by molar-refractivity contribution is 6.00. The fourth-order valence-corrected chi connectivity index (χ4v) is 4.24. The standard InChI is InChI=1S/C28H35F3N4O6/c1-17-14-35(18(2)16-36)26(38)22-13-20(32-25(37)11-12-28(29,30)31)7-10-23(22)41-24(17)15-34(3)27(39)33-19-5-8-21(40-4)9-6-19/h5-10,13,17-18,24,36H,11-12,14-16H2,1-4H3,(H,32,37)(H,33,39)/t17-,18-,24+/m0/s1. The molecule has 0 unspecified atom stereocenters. The van der Waals surface area contributed by atoms with Crippen molar-refractivity contribution in [3.05, 3.63) is 48.0 Å². The molecule has 0 saturated heterocycles. The number of anilines is 2. The molecule has 1 heterocycles. The largest absolute Gasteiger partial charge is 0.497 e. The van der Waals surface area contributed by atoms with E-state index < -0.39 is 43.0 Å². The SMILES string of the molecule is COc1ccc(NC(=O)N(C)C[C@H]2Oc3ccc(NC(=O)CCC(F)(F)F)cc3C(=O)N([C@@H](C)CO)C[C@@H]2C)cc1. The van der Waals surface area contributed by atoms with E-state index in [-0.39, 0.29) is 48.6 Å². The van der Waals surface area contributed by atoms with Crippen molar-refractivity contribution in [2.75, 3.05) is 44.5 Å². The number of nitrogens with one attached hydrogen (secondary N) is 2. The maximum atomic E-state index is 13.5. The Morgan fingerprint density at radius 2 is 1.83 bits per heavy atom. The first-order valence-corrected chi connectivity index (χ1v) is 13.1. The van der Waals surface area contributed by atoms with Crippen LogP contribution in [0, 0.1) is 5.92 Å². The number of aliphatic hydroxyl groups is 1. The van der Waals surface area contributed by atoms with E-state index in [0.717, 1.165) is 0 Å². The maximum absolute atomic E-state index is 13.5. The molecule has 41 heavy (non-hydrogen) atoms. The molecule has 0 aliphatic carbocycles. The number of methoxy groups -OCH3 is 1. The van der Waals surface area contributed by atoms with Gasteiger partial charge in [0.25, 0.3) is 5.91 Å². The highest BCUT2D eigenvalue weighted by Gasteiger charge is 2.34. The van der Waals surface area contributed by atoms with Crippen LogP contribution in [0.2, 0.25) is 0 Å². The lowest BCUT2D eigenvalue weighted by atomic mass is 9.99. The normalized spacial score (nSPS) is 17.9. The predicted octanol–water partition coefficient (Wildman–Crippen LogP) is 4.36. The lowest BCUT2D eigenvalue weighted by Crippen LogP contribution is -2.50. The number of hydrogen-bond acceptors (Lipinski definition) is 6. The Bertz CT molecular complexity index is 1220. The lowest BCUT2D eigenvalue weighted by Gasteiger charge is -2.38. The van der Waals surface area contributed by atoms with Gasteiger partial charge < -0.3 is 35.0 Å². The topological polar surface area (TPSA) is 120 Å². The molecule has 13 heteroatoms. The van der Waals surface area contributed by atoms with Crippen molar-refractivity contribution in [1.29, 1.82) is 0 Å². The second-order valence-electron chi connectivity index (χ2n) is 10.0. The summed E-state index contributed by atoms with van der Waals surface area (Å²) in [5, 5.41) is 15.0. The number of nitrogens with zero attached hydrogens (tertiary/aromatic N) is 2. The number of ether oxygens (including phenoxy) is 2. The molecule has 0 bridgehead atoms. The molecule has 3 N–H and O–H groups in total. The zero-order chi connectivity index (χ0) is 30.3. The molecule has 1 aliphatic rings. The van der Waals surface area contributed by atoms with Crippen molar-refractivity contribution < 1.29 is 42.1 Å². The van der Waals surface area contributed by atoms with Gasteiger partial charge in [0.15, 0.2) is 0 Å². The Hall–Kier alpha value is -4.00. The molecule has 0 radical (unpaired) electrons. The molecule has 3 rings (SSSR count). The fraction of sp³-hybridized carbons (Fsp3) is 0.464. The molecule has 4 amide bonds. The van der Waals surface area contributed by atoms with E-state index in [0.29, 0.717) is 11.4 Å². The third kappa shape index (κ3) is 8.74. The van der Waals surface area contributed by atoms with Gasteiger partial charge in [0.05, 0.1) is 38.3 Å². The summed E-state index contributed by atoms with van der Waals surface area (Å²) in [5.74, 6) is -0.757. The Morgan fingerprint density at radius 1 is 1.17 bits per heavy atom. The molecule has 3 atom stereocenters. The number of benzene rings is 2. The minimum absolute atomic E-state index is 0.0705. The number of halogens is 3. The summed E-state index contributed by atoms with van der Waals surface area (Å²) in [4.78, 5) is 41.4. The Morgan fingerprint density at radius 3 is 2.44 bits per heavy atom. The van der Waals surface area contributed by atoms with Crippen LogP contribution in [0.25, 0.3) is 0 Å². The van der Waals surface area contributed by atoms with E-state index in [1.54, 1.807) is 45.3 Å². The van der Waals surface area contributed by atoms with E-state index >= 15 is 0 Å². The van der Waals surface area contributed by atoms with Crippen LogP contribution in [0.3, 0.4) is 0 Å². The summed E-state index contributed by atoms with van der Waals surface area (Å²) in [5.41, 5.74) is 0.768. The van der Waals surface area contributed by atoms with Crippen LogP contribution in [0.1, 0.15) is 37.0 Å². The molecule has 0 fully saturated rings. The van der Waals surface area contributed by atoms with E-state index in [2.05, 4.69) is 10.6 Å². The van der Waals surface area contributed by atoms with Gasteiger partial charge >= 0.3 is 12.2 Å². The molecule has 2 aromatic rings. The van der Waals surface area contributed by atoms with E-state index in [9.17, 15) is 32.7 Å². The van der Waals surface area contributed by atoms with Gasteiger partial charge in [-0.15, -0.1) is 0 Å². The molecule has 2 aromatic carbocycles.